The van der Waals surface area contributed by atoms with Gasteiger partial charge in [0.05, 0.1) is 26.9 Å². The van der Waals surface area contributed by atoms with Gasteiger partial charge in [-0.2, -0.15) is 5.10 Å². The smallest absolute Gasteiger partial charge is 0.262 e. The summed E-state index contributed by atoms with van der Waals surface area (Å²) in [6.45, 7) is 5.23. The largest absolute Gasteiger partial charge is 0.504 e. The lowest BCUT2D eigenvalue weighted by Crippen LogP contribution is -2.43. The first-order valence-electron chi connectivity index (χ1n) is 9.64. The molecule has 31 heavy (non-hydrogen) atoms. The summed E-state index contributed by atoms with van der Waals surface area (Å²) in [5, 5.41) is 16.7. The average Bonchev–Trinajstić information content (AvgIpc) is 2.76. The molecule has 0 heterocycles. The van der Waals surface area contributed by atoms with E-state index in [0.717, 1.165) is 5.56 Å². The van der Waals surface area contributed by atoms with Crippen molar-refractivity contribution in [3.05, 3.63) is 65.7 Å². The minimum absolute atomic E-state index is 0.0387. The summed E-state index contributed by atoms with van der Waals surface area (Å²) < 4.78 is 10.2. The van der Waals surface area contributed by atoms with Crippen molar-refractivity contribution in [1.29, 1.82) is 0 Å². The van der Waals surface area contributed by atoms with Crippen molar-refractivity contribution >= 4 is 18.0 Å². The maximum absolute atomic E-state index is 12.2. The Morgan fingerprint density at radius 2 is 1.90 bits per heavy atom. The molecule has 0 bridgehead atoms. The van der Waals surface area contributed by atoms with Crippen LogP contribution in [0.25, 0.3) is 0 Å². The maximum atomic E-state index is 12.2. The first-order chi connectivity index (χ1) is 14.9. The number of amides is 2. The SMILES string of the molecule is C=CCc1cc(C=NNC(=O)C(C)NC(=O)Cc2ccc(OC)cc2)cc(OC)c1O. The number of phenolic OH excluding ortho intramolecular Hbond substituents is 1. The van der Waals surface area contributed by atoms with Crippen LogP contribution in [-0.2, 0) is 22.4 Å². The Morgan fingerprint density at radius 1 is 1.19 bits per heavy atom. The molecule has 8 heteroatoms. The molecule has 0 saturated heterocycles. The zero-order valence-electron chi connectivity index (χ0n) is 17.8. The van der Waals surface area contributed by atoms with E-state index in [-0.39, 0.29) is 18.1 Å². The molecule has 0 fully saturated rings. The van der Waals surface area contributed by atoms with Gasteiger partial charge in [-0.25, -0.2) is 5.43 Å². The summed E-state index contributed by atoms with van der Waals surface area (Å²) in [6.07, 6.45) is 3.68. The van der Waals surface area contributed by atoms with Gasteiger partial charge in [0.15, 0.2) is 11.5 Å². The normalized spacial score (nSPS) is 11.6. The van der Waals surface area contributed by atoms with Crippen LogP contribution in [-0.4, -0.2) is 43.4 Å². The number of hydrogen-bond donors (Lipinski definition) is 3. The molecule has 0 aliphatic rings. The molecule has 164 valence electrons. The highest BCUT2D eigenvalue weighted by Crippen LogP contribution is 2.31. The number of benzene rings is 2. The quantitative estimate of drug-likeness (QED) is 0.308. The lowest BCUT2D eigenvalue weighted by Gasteiger charge is -2.12. The molecule has 1 unspecified atom stereocenters. The van der Waals surface area contributed by atoms with E-state index in [1.807, 2.05) is 0 Å². The molecular weight excluding hydrogens is 398 g/mol. The first kappa shape index (κ1) is 23.5. The van der Waals surface area contributed by atoms with Crippen molar-refractivity contribution in [2.45, 2.75) is 25.8 Å². The number of ether oxygens (including phenoxy) is 2. The predicted octanol–water partition coefficient (Wildman–Crippen LogP) is 2.34. The minimum Gasteiger partial charge on any atom is -0.504 e. The molecule has 0 radical (unpaired) electrons. The molecule has 2 aromatic rings. The van der Waals surface area contributed by atoms with Gasteiger partial charge in [0.1, 0.15) is 11.8 Å². The van der Waals surface area contributed by atoms with Gasteiger partial charge in [-0.05, 0) is 48.7 Å². The van der Waals surface area contributed by atoms with Gasteiger partial charge in [0.2, 0.25) is 5.91 Å². The summed E-state index contributed by atoms with van der Waals surface area (Å²) in [4.78, 5) is 24.4. The topological polar surface area (TPSA) is 109 Å². The van der Waals surface area contributed by atoms with Crippen molar-refractivity contribution in [3.8, 4) is 17.2 Å². The van der Waals surface area contributed by atoms with Crippen molar-refractivity contribution < 1.29 is 24.2 Å². The van der Waals surface area contributed by atoms with Crippen LogP contribution in [0, 0.1) is 0 Å². The summed E-state index contributed by atoms with van der Waals surface area (Å²) in [5.41, 5.74) is 4.45. The molecule has 0 aliphatic carbocycles. The van der Waals surface area contributed by atoms with E-state index in [2.05, 4.69) is 22.4 Å². The predicted molar refractivity (Wildman–Crippen MR) is 119 cm³/mol. The average molecular weight is 425 g/mol. The number of methoxy groups -OCH3 is 2. The summed E-state index contributed by atoms with van der Waals surface area (Å²) in [7, 11) is 3.02. The van der Waals surface area contributed by atoms with Crippen LogP contribution in [0.5, 0.6) is 17.2 Å². The van der Waals surface area contributed by atoms with E-state index in [9.17, 15) is 14.7 Å². The van der Waals surface area contributed by atoms with Gasteiger partial charge in [-0.1, -0.05) is 18.2 Å². The highest BCUT2D eigenvalue weighted by atomic mass is 16.5. The minimum atomic E-state index is -0.770. The molecule has 2 amide bonds. The molecule has 0 aliphatic heterocycles. The van der Waals surface area contributed by atoms with E-state index in [1.165, 1.54) is 13.3 Å². The number of rotatable bonds is 10. The Bertz CT molecular complexity index is 954. The Labute approximate surface area is 181 Å². The maximum Gasteiger partial charge on any atom is 0.262 e. The molecule has 0 saturated carbocycles. The number of carbonyl (C=O) groups is 2. The molecule has 1 atom stereocenters. The van der Waals surface area contributed by atoms with Crippen LogP contribution in [0.3, 0.4) is 0 Å². The van der Waals surface area contributed by atoms with Gasteiger partial charge in [-0.3, -0.25) is 9.59 Å². The molecule has 0 aromatic heterocycles. The van der Waals surface area contributed by atoms with Gasteiger partial charge in [-0.15, -0.1) is 6.58 Å². The third-order valence-corrected chi connectivity index (χ3v) is 4.44. The molecule has 2 aromatic carbocycles. The van der Waals surface area contributed by atoms with Gasteiger partial charge in [0, 0.05) is 5.56 Å². The number of nitrogens with zero attached hydrogens (tertiary/aromatic N) is 1. The van der Waals surface area contributed by atoms with Crippen molar-refractivity contribution in [1.82, 2.24) is 10.7 Å². The highest BCUT2D eigenvalue weighted by molar-refractivity contribution is 5.89. The second kappa shape index (κ2) is 11.4. The number of aromatic hydroxyl groups is 1. The highest BCUT2D eigenvalue weighted by Gasteiger charge is 2.15. The zero-order valence-corrected chi connectivity index (χ0v) is 17.8. The first-order valence-corrected chi connectivity index (χ1v) is 9.64. The molecule has 0 spiro atoms. The van der Waals surface area contributed by atoms with Gasteiger partial charge >= 0.3 is 0 Å². The number of phenols is 1. The number of allylic oxidation sites excluding steroid dienone is 1. The fraction of sp³-hybridized carbons (Fsp3) is 0.261. The van der Waals surface area contributed by atoms with Crippen LogP contribution in [0.15, 0.2) is 54.2 Å². The van der Waals surface area contributed by atoms with E-state index in [1.54, 1.807) is 56.5 Å². The second-order valence-corrected chi connectivity index (χ2v) is 6.77. The zero-order chi connectivity index (χ0) is 22.8. The van der Waals surface area contributed by atoms with E-state index >= 15 is 0 Å². The van der Waals surface area contributed by atoms with Crippen LogP contribution in [0.1, 0.15) is 23.6 Å². The molecule has 2 rings (SSSR count). The fourth-order valence-electron chi connectivity index (χ4n) is 2.78. The van der Waals surface area contributed by atoms with Crippen molar-refractivity contribution in [3.63, 3.8) is 0 Å². The van der Waals surface area contributed by atoms with E-state index in [0.29, 0.717) is 29.0 Å². The fourth-order valence-corrected chi connectivity index (χ4v) is 2.78. The second-order valence-electron chi connectivity index (χ2n) is 6.77. The molecule has 3 N–H and O–H groups in total. The summed E-state index contributed by atoms with van der Waals surface area (Å²) >= 11 is 0. The van der Waals surface area contributed by atoms with Crippen LogP contribution >= 0.6 is 0 Å². The number of hydrazone groups is 1. The lowest BCUT2D eigenvalue weighted by molar-refractivity contribution is -0.128. The Morgan fingerprint density at radius 3 is 2.52 bits per heavy atom. The monoisotopic (exact) mass is 425 g/mol. The summed E-state index contributed by atoms with van der Waals surface area (Å²) in [5.74, 6) is 0.297. The van der Waals surface area contributed by atoms with E-state index < -0.39 is 11.9 Å². The van der Waals surface area contributed by atoms with E-state index in [4.69, 9.17) is 9.47 Å². The molecular formula is C23H27N3O5. The van der Waals surface area contributed by atoms with Gasteiger partial charge in [0.25, 0.3) is 5.91 Å². The van der Waals surface area contributed by atoms with Crippen LogP contribution in [0.4, 0.5) is 0 Å². The van der Waals surface area contributed by atoms with Crippen molar-refractivity contribution in [2.24, 2.45) is 5.10 Å². The number of hydrogen-bond acceptors (Lipinski definition) is 6. The summed E-state index contributed by atoms with van der Waals surface area (Å²) in [6, 6.07) is 9.67. The molecule has 8 nitrogen and oxygen atoms in total. The third kappa shape index (κ3) is 6.88. The van der Waals surface area contributed by atoms with Crippen LogP contribution in [0.2, 0.25) is 0 Å². The third-order valence-electron chi connectivity index (χ3n) is 4.44. The Balaban J connectivity index is 1.92. The van der Waals surface area contributed by atoms with Crippen LogP contribution < -0.4 is 20.2 Å². The standard InChI is InChI=1S/C23H27N3O5/c1-5-6-18-11-17(12-20(31-4)22(18)28)14-24-26-23(29)15(2)25-21(27)13-16-7-9-19(30-3)10-8-16/h5,7-12,14-15,28H,1,6,13H2,2-4H3,(H,25,27)(H,26,29). The number of carbonyl (C=O) groups excluding carboxylic acids is 2. The number of nitrogens with one attached hydrogen (secondary N) is 2. The lowest BCUT2D eigenvalue weighted by atomic mass is 10.1. The Kier molecular flexibility index (Phi) is 8.63. The van der Waals surface area contributed by atoms with Gasteiger partial charge < -0.3 is 19.9 Å². The van der Waals surface area contributed by atoms with Crippen molar-refractivity contribution in [2.75, 3.05) is 14.2 Å². The Hall–Kier alpha value is -3.81.